The average Bonchev–Trinajstić information content (AvgIpc) is 2.51. The van der Waals surface area contributed by atoms with Crippen LogP contribution in [0.1, 0.15) is 18.7 Å². The second kappa shape index (κ2) is 8.36. The number of nitrogens with zero attached hydrogens (tertiary/aromatic N) is 1. The summed E-state index contributed by atoms with van der Waals surface area (Å²) in [6.07, 6.45) is -1.16. The largest absolute Gasteiger partial charge is 0.478 e. The minimum absolute atomic E-state index is 0.150. The van der Waals surface area contributed by atoms with E-state index in [1.807, 2.05) is 4.98 Å². The van der Waals surface area contributed by atoms with Crippen LogP contribution < -0.4 is 17.1 Å². The van der Waals surface area contributed by atoms with Crippen molar-refractivity contribution in [2.45, 2.75) is 25.5 Å². The van der Waals surface area contributed by atoms with Gasteiger partial charge in [-0.2, -0.15) is 0 Å². The van der Waals surface area contributed by atoms with Gasteiger partial charge in [-0.3, -0.25) is 19.2 Å². The van der Waals surface area contributed by atoms with Crippen LogP contribution in [0.25, 0.3) is 6.08 Å². The molecule has 0 fully saturated rings. The van der Waals surface area contributed by atoms with Crippen molar-refractivity contribution in [3.63, 3.8) is 0 Å². The third kappa shape index (κ3) is 5.12. The summed E-state index contributed by atoms with van der Waals surface area (Å²) >= 11 is 0. The van der Waals surface area contributed by atoms with Gasteiger partial charge >= 0.3 is 11.7 Å². The maximum atomic E-state index is 11.9. The highest BCUT2D eigenvalue weighted by atomic mass is 16.7. The predicted molar refractivity (Wildman–Crippen MR) is 75.9 cm³/mol. The predicted octanol–water partition coefficient (Wildman–Crippen LogP) is -2.26. The Bertz CT molecular complexity index is 680. The van der Waals surface area contributed by atoms with Crippen molar-refractivity contribution >= 4 is 12.0 Å². The molecule has 0 amide bonds. The molecule has 1 unspecified atom stereocenters. The topological polar surface area (TPSA) is 177 Å². The summed E-state index contributed by atoms with van der Waals surface area (Å²) < 4.78 is 5.89. The zero-order valence-electron chi connectivity index (χ0n) is 12.1. The van der Waals surface area contributed by atoms with E-state index in [-0.39, 0.29) is 5.56 Å². The van der Waals surface area contributed by atoms with Gasteiger partial charge in [0.05, 0.1) is 12.2 Å². The number of carboxylic acid groups (broad SMARTS) is 1. The molecule has 0 bridgehead atoms. The summed E-state index contributed by atoms with van der Waals surface area (Å²) in [5.41, 5.74) is -1.86. The Hall–Kier alpha value is -2.31. The Balaban J connectivity index is 3.35. The number of aliphatic hydroxyl groups excluding tert-OH is 2. The molecule has 0 saturated carbocycles. The molecule has 0 aliphatic carbocycles. The van der Waals surface area contributed by atoms with E-state index in [9.17, 15) is 19.5 Å². The van der Waals surface area contributed by atoms with Gasteiger partial charge in [-0.05, 0) is 13.0 Å². The first-order valence-corrected chi connectivity index (χ1v) is 6.36. The molecule has 128 valence electrons. The van der Waals surface area contributed by atoms with Crippen molar-refractivity contribution in [3.8, 4) is 0 Å². The molecule has 0 aliphatic heterocycles. The van der Waals surface area contributed by atoms with Crippen LogP contribution in [-0.2, 0) is 14.4 Å². The lowest BCUT2D eigenvalue weighted by Crippen LogP contribution is -2.41. The molecule has 1 aromatic rings. The number of nitrogens with one attached hydrogen (secondary N) is 1. The van der Waals surface area contributed by atoms with Gasteiger partial charge in [0.2, 0.25) is 0 Å². The fourth-order valence-electron chi connectivity index (χ4n) is 1.64. The number of carboxylic acids is 1. The summed E-state index contributed by atoms with van der Waals surface area (Å²) in [5.74, 6) is 3.75. The van der Waals surface area contributed by atoms with E-state index in [2.05, 4.69) is 4.84 Å². The highest BCUT2D eigenvalue weighted by Crippen LogP contribution is 2.15. The second-order valence-electron chi connectivity index (χ2n) is 4.43. The fraction of sp³-hybridized carbons (Fsp3) is 0.417. The Kier molecular flexibility index (Phi) is 6.81. The van der Waals surface area contributed by atoms with Crippen LogP contribution in [0.4, 0.5) is 0 Å². The number of nitrogens with two attached hydrogens (primary N) is 1. The van der Waals surface area contributed by atoms with Gasteiger partial charge in [-0.1, -0.05) is 0 Å². The molecule has 23 heavy (non-hydrogen) atoms. The van der Waals surface area contributed by atoms with Crippen LogP contribution in [0.2, 0.25) is 0 Å². The number of aliphatic hydroxyl groups is 2. The van der Waals surface area contributed by atoms with Gasteiger partial charge in [0.25, 0.3) is 5.56 Å². The van der Waals surface area contributed by atoms with Crippen molar-refractivity contribution < 1.29 is 29.7 Å². The molecule has 0 radical (unpaired) electrons. The van der Waals surface area contributed by atoms with E-state index < -0.39 is 42.4 Å². The highest BCUT2D eigenvalue weighted by molar-refractivity contribution is 5.85. The van der Waals surface area contributed by atoms with Crippen LogP contribution in [0, 0.1) is 0 Å². The molecule has 11 nitrogen and oxygen atoms in total. The van der Waals surface area contributed by atoms with Gasteiger partial charge in [0.1, 0.15) is 6.10 Å². The number of ether oxygens (including phenoxy) is 1. The third-order valence-corrected chi connectivity index (χ3v) is 2.74. The Morgan fingerprint density at radius 1 is 1.52 bits per heavy atom. The van der Waals surface area contributed by atoms with Gasteiger partial charge in [-0.25, -0.2) is 15.5 Å². The number of rotatable bonds is 8. The molecular formula is C12H17N3O8. The van der Waals surface area contributed by atoms with Crippen molar-refractivity contribution in [1.29, 1.82) is 0 Å². The number of carbonyl (C=O) groups is 1. The first-order valence-electron chi connectivity index (χ1n) is 6.36. The molecule has 0 aliphatic rings. The monoisotopic (exact) mass is 331 g/mol. The number of aliphatic carboxylic acids is 1. The van der Waals surface area contributed by atoms with Crippen LogP contribution in [-0.4, -0.2) is 49.8 Å². The minimum atomic E-state index is -1.63. The molecule has 0 saturated heterocycles. The third-order valence-electron chi connectivity index (χ3n) is 2.74. The quantitative estimate of drug-likeness (QED) is 0.200. The fourth-order valence-corrected chi connectivity index (χ4v) is 1.64. The van der Waals surface area contributed by atoms with Crippen molar-refractivity contribution in [2.75, 3.05) is 6.61 Å². The molecule has 0 aromatic carbocycles. The van der Waals surface area contributed by atoms with E-state index in [1.54, 1.807) is 0 Å². The standard InChI is InChI=1S/C12H17N3O8/c1-6(23-13)11(22-9(19)5-16)15-4-7(2-3-8(17)18)10(20)14-12(15)21/h2-4,6,9,11,16,19H,5,13H2,1H3,(H,17,18)(H,14,20,21)/b3-2-/t6?,9-,11-/m1/s1. The van der Waals surface area contributed by atoms with E-state index in [1.165, 1.54) is 6.92 Å². The lowest BCUT2D eigenvalue weighted by Gasteiger charge is -2.26. The molecule has 6 N–H and O–H groups in total. The average molecular weight is 331 g/mol. The molecule has 3 atom stereocenters. The Morgan fingerprint density at radius 2 is 2.17 bits per heavy atom. The van der Waals surface area contributed by atoms with Gasteiger partial charge in [0, 0.05) is 12.3 Å². The summed E-state index contributed by atoms with van der Waals surface area (Å²) in [6, 6.07) is 0. The summed E-state index contributed by atoms with van der Waals surface area (Å²) in [7, 11) is 0. The lowest BCUT2D eigenvalue weighted by atomic mass is 10.3. The first kappa shape index (κ1) is 18.7. The van der Waals surface area contributed by atoms with Gasteiger partial charge in [0.15, 0.2) is 12.5 Å². The van der Waals surface area contributed by atoms with Crippen LogP contribution in [0.3, 0.4) is 0 Å². The molecule has 1 aromatic heterocycles. The zero-order valence-corrected chi connectivity index (χ0v) is 12.1. The number of hydrogen-bond donors (Lipinski definition) is 5. The Morgan fingerprint density at radius 3 is 2.70 bits per heavy atom. The van der Waals surface area contributed by atoms with E-state index in [4.69, 9.17) is 20.8 Å². The van der Waals surface area contributed by atoms with E-state index in [0.29, 0.717) is 6.08 Å². The van der Waals surface area contributed by atoms with Crippen molar-refractivity contribution in [2.24, 2.45) is 5.90 Å². The number of aromatic amines is 1. The van der Waals surface area contributed by atoms with Gasteiger partial charge in [-0.15, -0.1) is 0 Å². The molecule has 11 heteroatoms. The molecule has 1 heterocycles. The maximum absolute atomic E-state index is 11.9. The van der Waals surface area contributed by atoms with Crippen LogP contribution in [0.15, 0.2) is 21.9 Å². The van der Waals surface area contributed by atoms with E-state index in [0.717, 1.165) is 16.8 Å². The van der Waals surface area contributed by atoms with Crippen LogP contribution in [0.5, 0.6) is 0 Å². The Labute approximate surface area is 129 Å². The van der Waals surface area contributed by atoms with Gasteiger partial charge < -0.3 is 20.1 Å². The maximum Gasteiger partial charge on any atom is 0.330 e. The van der Waals surface area contributed by atoms with Crippen molar-refractivity contribution in [3.05, 3.63) is 38.7 Å². The minimum Gasteiger partial charge on any atom is -0.478 e. The SMILES string of the molecule is CC(ON)[C@@H](O[C@@H](O)CO)n1cc(/C=C\C(=O)O)c(=O)[nH]c1=O. The molecule has 0 spiro atoms. The normalized spacial score (nSPS) is 15.5. The number of aromatic nitrogens is 2. The second-order valence-corrected chi connectivity index (χ2v) is 4.43. The zero-order chi connectivity index (χ0) is 17.6. The van der Waals surface area contributed by atoms with E-state index >= 15 is 0 Å². The highest BCUT2D eigenvalue weighted by Gasteiger charge is 2.25. The summed E-state index contributed by atoms with van der Waals surface area (Å²) in [4.78, 5) is 40.6. The molecular weight excluding hydrogens is 314 g/mol. The first-order chi connectivity index (χ1) is 10.8. The number of hydrogen-bond acceptors (Lipinski definition) is 8. The molecule has 1 rings (SSSR count). The van der Waals surface area contributed by atoms with Crippen LogP contribution >= 0.6 is 0 Å². The van der Waals surface area contributed by atoms with Crippen molar-refractivity contribution in [1.82, 2.24) is 9.55 Å². The smallest absolute Gasteiger partial charge is 0.330 e. The number of H-pyrrole nitrogens is 1. The lowest BCUT2D eigenvalue weighted by molar-refractivity contribution is -0.212. The summed E-state index contributed by atoms with van der Waals surface area (Å²) in [6.45, 7) is 0.663. The summed E-state index contributed by atoms with van der Waals surface area (Å²) in [5, 5.41) is 26.8.